The fraction of sp³-hybridized carbons (Fsp3) is 0.417. The summed E-state index contributed by atoms with van der Waals surface area (Å²) in [6.07, 6.45) is -0.292. The highest BCUT2D eigenvalue weighted by Gasteiger charge is 2.33. The molecule has 114 valence electrons. The van der Waals surface area contributed by atoms with Crippen LogP contribution in [-0.4, -0.2) is 33.3 Å². The van der Waals surface area contributed by atoms with Crippen molar-refractivity contribution >= 4 is 11.8 Å². The molecular weight excluding hydrogens is 285 g/mol. The van der Waals surface area contributed by atoms with Gasteiger partial charge in [-0.1, -0.05) is 0 Å². The molecule has 0 radical (unpaired) electrons. The molecule has 0 spiro atoms. The number of anilines is 2. The van der Waals surface area contributed by atoms with Crippen LogP contribution in [0.4, 0.5) is 24.9 Å². The van der Waals surface area contributed by atoms with E-state index in [2.05, 4.69) is 25.7 Å². The van der Waals surface area contributed by atoms with Crippen molar-refractivity contribution in [2.45, 2.75) is 19.1 Å². The van der Waals surface area contributed by atoms with Gasteiger partial charge in [-0.25, -0.2) is 4.98 Å². The first-order valence-electron chi connectivity index (χ1n) is 6.34. The van der Waals surface area contributed by atoms with Crippen molar-refractivity contribution in [2.75, 3.05) is 24.2 Å². The van der Waals surface area contributed by atoms with Gasteiger partial charge in [0.05, 0.1) is 0 Å². The lowest BCUT2D eigenvalue weighted by atomic mass is 10.3. The molecule has 0 saturated carbocycles. The normalized spacial score (nSPS) is 11.4. The maximum Gasteiger partial charge on any atom is 0.433 e. The first-order valence-corrected chi connectivity index (χ1v) is 6.34. The maximum absolute atomic E-state index is 12.7. The minimum absolute atomic E-state index is 0.0700. The maximum atomic E-state index is 12.7. The molecule has 0 aliphatic heterocycles. The Balaban J connectivity index is 1.95. The Morgan fingerprint density at radius 2 is 2.10 bits per heavy atom. The number of alkyl halides is 3. The number of aryl methyl sites for hydroxylation is 1. The van der Waals surface area contributed by atoms with Crippen molar-refractivity contribution in [3.63, 3.8) is 0 Å². The molecular formula is C12H15F3N6. The molecule has 0 saturated heterocycles. The smallest absolute Gasteiger partial charge is 0.370 e. The standard InChI is InChI=1S/C12H15F3N6/c1-16-11-19-9(12(13,14)15)8-10(20-11)17-4-2-6-21-7-3-5-18-21/h3,5,7-8H,2,4,6H2,1H3,(H2,16,17,19,20). The molecule has 9 heteroatoms. The van der Waals surface area contributed by atoms with E-state index in [1.54, 1.807) is 10.9 Å². The Morgan fingerprint density at radius 1 is 1.29 bits per heavy atom. The number of nitrogens with one attached hydrogen (secondary N) is 2. The number of halogens is 3. The van der Waals surface area contributed by atoms with Crippen LogP contribution in [0, 0.1) is 0 Å². The molecule has 2 aromatic heterocycles. The SMILES string of the molecule is CNc1nc(NCCCn2cccn2)cc(C(F)(F)F)n1. The first kappa shape index (κ1) is 15.1. The topological polar surface area (TPSA) is 67.7 Å². The van der Waals surface area contributed by atoms with Crippen LogP contribution in [0.5, 0.6) is 0 Å². The van der Waals surface area contributed by atoms with Gasteiger partial charge in [0, 0.05) is 38.6 Å². The highest BCUT2D eigenvalue weighted by Crippen LogP contribution is 2.29. The third-order valence-electron chi connectivity index (χ3n) is 2.67. The molecule has 0 atom stereocenters. The van der Waals surface area contributed by atoms with E-state index in [-0.39, 0.29) is 11.8 Å². The van der Waals surface area contributed by atoms with E-state index in [1.807, 2.05) is 12.3 Å². The van der Waals surface area contributed by atoms with Crippen molar-refractivity contribution < 1.29 is 13.2 Å². The summed E-state index contributed by atoms with van der Waals surface area (Å²) in [6, 6.07) is 2.71. The van der Waals surface area contributed by atoms with Crippen LogP contribution in [0.25, 0.3) is 0 Å². The molecule has 2 aromatic rings. The zero-order valence-corrected chi connectivity index (χ0v) is 11.4. The summed E-state index contributed by atoms with van der Waals surface area (Å²) in [5.41, 5.74) is -0.976. The highest BCUT2D eigenvalue weighted by atomic mass is 19.4. The summed E-state index contributed by atoms with van der Waals surface area (Å²) in [5.74, 6) is 0.0709. The Morgan fingerprint density at radius 3 is 2.71 bits per heavy atom. The minimum Gasteiger partial charge on any atom is -0.370 e. The fourth-order valence-electron chi connectivity index (χ4n) is 1.69. The molecule has 0 unspecified atom stereocenters. The van der Waals surface area contributed by atoms with Crippen molar-refractivity contribution in [1.82, 2.24) is 19.7 Å². The van der Waals surface area contributed by atoms with E-state index in [4.69, 9.17) is 0 Å². The van der Waals surface area contributed by atoms with Gasteiger partial charge in [-0.2, -0.15) is 23.3 Å². The lowest BCUT2D eigenvalue weighted by Crippen LogP contribution is -2.14. The van der Waals surface area contributed by atoms with Crippen LogP contribution in [0.15, 0.2) is 24.5 Å². The average Bonchev–Trinajstić information content (AvgIpc) is 2.95. The third kappa shape index (κ3) is 4.33. The van der Waals surface area contributed by atoms with Crippen LogP contribution in [0.2, 0.25) is 0 Å². The number of nitrogens with zero attached hydrogens (tertiary/aromatic N) is 4. The quantitative estimate of drug-likeness (QED) is 0.801. The molecule has 0 fully saturated rings. The lowest BCUT2D eigenvalue weighted by Gasteiger charge is -2.11. The fourth-order valence-corrected chi connectivity index (χ4v) is 1.69. The Bertz CT molecular complexity index is 567. The zero-order chi connectivity index (χ0) is 15.3. The molecule has 0 amide bonds. The van der Waals surface area contributed by atoms with Crippen LogP contribution in [-0.2, 0) is 12.7 Å². The second kappa shape index (κ2) is 6.42. The van der Waals surface area contributed by atoms with Crippen LogP contribution in [0.3, 0.4) is 0 Å². The largest absolute Gasteiger partial charge is 0.433 e. The summed E-state index contributed by atoms with van der Waals surface area (Å²) < 4.78 is 39.9. The van der Waals surface area contributed by atoms with Crippen molar-refractivity contribution in [3.05, 3.63) is 30.2 Å². The second-order valence-electron chi connectivity index (χ2n) is 4.26. The zero-order valence-electron chi connectivity index (χ0n) is 11.4. The number of hydrogen-bond acceptors (Lipinski definition) is 5. The van der Waals surface area contributed by atoms with Gasteiger partial charge >= 0.3 is 6.18 Å². The van der Waals surface area contributed by atoms with Gasteiger partial charge < -0.3 is 10.6 Å². The summed E-state index contributed by atoms with van der Waals surface area (Å²) in [4.78, 5) is 7.33. The van der Waals surface area contributed by atoms with Crippen molar-refractivity contribution in [2.24, 2.45) is 0 Å². The lowest BCUT2D eigenvalue weighted by molar-refractivity contribution is -0.141. The van der Waals surface area contributed by atoms with Gasteiger partial charge in [0.15, 0.2) is 5.69 Å². The third-order valence-corrected chi connectivity index (χ3v) is 2.67. The van der Waals surface area contributed by atoms with Crippen LogP contribution < -0.4 is 10.6 Å². The van der Waals surface area contributed by atoms with E-state index >= 15 is 0 Å². The van der Waals surface area contributed by atoms with E-state index in [9.17, 15) is 13.2 Å². The van der Waals surface area contributed by atoms with E-state index in [0.717, 1.165) is 6.07 Å². The van der Waals surface area contributed by atoms with Crippen LogP contribution >= 0.6 is 0 Å². The summed E-state index contributed by atoms with van der Waals surface area (Å²) in [5, 5.41) is 9.42. The van der Waals surface area contributed by atoms with Gasteiger partial charge in [0.25, 0.3) is 0 Å². The van der Waals surface area contributed by atoms with E-state index in [1.165, 1.54) is 7.05 Å². The average molecular weight is 300 g/mol. The second-order valence-corrected chi connectivity index (χ2v) is 4.26. The van der Waals surface area contributed by atoms with E-state index in [0.29, 0.717) is 19.5 Å². The molecule has 2 N–H and O–H groups in total. The van der Waals surface area contributed by atoms with Gasteiger partial charge in [-0.3, -0.25) is 4.68 Å². The highest BCUT2D eigenvalue weighted by molar-refractivity contribution is 5.42. The molecule has 0 aliphatic rings. The molecule has 0 bridgehead atoms. The summed E-state index contributed by atoms with van der Waals surface area (Å²) >= 11 is 0. The first-order chi connectivity index (χ1) is 9.99. The Labute approximate surface area is 119 Å². The number of aromatic nitrogens is 4. The predicted molar refractivity (Wildman–Crippen MR) is 71.9 cm³/mol. The molecule has 0 aliphatic carbocycles. The number of rotatable bonds is 6. The molecule has 2 rings (SSSR count). The van der Waals surface area contributed by atoms with Gasteiger partial charge in [-0.15, -0.1) is 0 Å². The minimum atomic E-state index is -4.50. The van der Waals surface area contributed by atoms with Crippen molar-refractivity contribution in [3.8, 4) is 0 Å². The summed E-state index contributed by atoms with van der Waals surface area (Å²) in [7, 11) is 1.47. The molecule has 6 nitrogen and oxygen atoms in total. The summed E-state index contributed by atoms with van der Waals surface area (Å²) in [6.45, 7) is 1.16. The molecule has 21 heavy (non-hydrogen) atoms. The Hall–Kier alpha value is -2.32. The van der Waals surface area contributed by atoms with E-state index < -0.39 is 11.9 Å². The monoisotopic (exact) mass is 300 g/mol. The van der Waals surface area contributed by atoms with Crippen molar-refractivity contribution in [1.29, 1.82) is 0 Å². The van der Waals surface area contributed by atoms with Gasteiger partial charge in [-0.05, 0) is 12.5 Å². The molecule has 2 heterocycles. The number of hydrogen-bond donors (Lipinski definition) is 2. The van der Waals surface area contributed by atoms with Crippen LogP contribution in [0.1, 0.15) is 12.1 Å². The Kier molecular flexibility index (Phi) is 4.61. The predicted octanol–water partition coefficient (Wildman–Crippen LogP) is 2.24. The van der Waals surface area contributed by atoms with Gasteiger partial charge in [0.2, 0.25) is 5.95 Å². The van der Waals surface area contributed by atoms with Gasteiger partial charge in [0.1, 0.15) is 5.82 Å². The molecule has 0 aromatic carbocycles.